The Labute approximate surface area is 156 Å². The van der Waals surface area contributed by atoms with Crippen LogP contribution in [0.15, 0.2) is 24.3 Å². The van der Waals surface area contributed by atoms with Crippen LogP contribution >= 0.6 is 0 Å². The minimum atomic E-state index is -0.523. The van der Waals surface area contributed by atoms with Gasteiger partial charge in [-0.25, -0.2) is 4.79 Å². The number of carbonyl (C=O) groups is 2. The Morgan fingerprint density at radius 2 is 1.85 bits per heavy atom. The van der Waals surface area contributed by atoms with E-state index in [0.29, 0.717) is 19.4 Å². The lowest BCUT2D eigenvalue weighted by Crippen LogP contribution is -2.33. The summed E-state index contributed by atoms with van der Waals surface area (Å²) in [6.45, 7) is 11.7. The fourth-order valence-electron chi connectivity index (χ4n) is 2.28. The number of hydrogen-bond acceptors (Lipinski definition) is 4. The van der Waals surface area contributed by atoms with Gasteiger partial charge in [0.1, 0.15) is 11.4 Å². The summed E-state index contributed by atoms with van der Waals surface area (Å²) in [6.07, 6.45) is 0.525. The molecular formula is C20H32N2O4. The molecule has 0 aliphatic carbocycles. The van der Waals surface area contributed by atoms with E-state index in [1.54, 1.807) is 0 Å². The van der Waals surface area contributed by atoms with Crippen LogP contribution < -0.4 is 15.4 Å². The van der Waals surface area contributed by atoms with Gasteiger partial charge in [0.25, 0.3) is 0 Å². The van der Waals surface area contributed by atoms with Gasteiger partial charge in [-0.3, -0.25) is 4.79 Å². The van der Waals surface area contributed by atoms with Crippen LogP contribution in [0.4, 0.5) is 4.79 Å². The fourth-order valence-corrected chi connectivity index (χ4v) is 2.28. The highest BCUT2D eigenvalue weighted by atomic mass is 16.6. The summed E-state index contributed by atoms with van der Waals surface area (Å²) < 4.78 is 10.8. The minimum absolute atomic E-state index is 0.0568. The molecule has 0 aromatic heterocycles. The Morgan fingerprint density at radius 1 is 1.15 bits per heavy atom. The van der Waals surface area contributed by atoms with Crippen molar-refractivity contribution in [2.45, 2.75) is 72.1 Å². The van der Waals surface area contributed by atoms with Gasteiger partial charge < -0.3 is 20.1 Å². The molecule has 1 atom stereocenters. The molecule has 0 fully saturated rings. The normalized spacial score (nSPS) is 12.4. The molecule has 2 N–H and O–H groups in total. The van der Waals surface area contributed by atoms with E-state index in [1.807, 2.05) is 65.8 Å². The van der Waals surface area contributed by atoms with Crippen molar-refractivity contribution in [3.63, 3.8) is 0 Å². The first-order valence-electron chi connectivity index (χ1n) is 9.09. The second-order valence-electron chi connectivity index (χ2n) is 7.56. The van der Waals surface area contributed by atoms with Crippen LogP contribution in [0.2, 0.25) is 0 Å². The van der Waals surface area contributed by atoms with Crippen LogP contribution in [0.25, 0.3) is 0 Å². The van der Waals surface area contributed by atoms with E-state index in [4.69, 9.17) is 9.47 Å². The van der Waals surface area contributed by atoms with E-state index in [-0.39, 0.29) is 18.1 Å². The quantitative estimate of drug-likeness (QED) is 0.685. The summed E-state index contributed by atoms with van der Waals surface area (Å²) >= 11 is 0. The SMILES string of the molecule is CC(C)Oc1cccc(C(C)NC(=O)CCCNC(=O)OC(C)(C)C)c1. The number of rotatable bonds is 8. The van der Waals surface area contributed by atoms with Crippen LogP contribution in [-0.2, 0) is 9.53 Å². The van der Waals surface area contributed by atoms with Crippen molar-refractivity contribution >= 4 is 12.0 Å². The maximum Gasteiger partial charge on any atom is 0.407 e. The summed E-state index contributed by atoms with van der Waals surface area (Å²) in [5.41, 5.74) is 0.466. The number of nitrogens with one attached hydrogen (secondary N) is 2. The number of hydrogen-bond donors (Lipinski definition) is 2. The molecule has 1 aromatic carbocycles. The Hall–Kier alpha value is -2.24. The molecule has 1 rings (SSSR count). The van der Waals surface area contributed by atoms with Gasteiger partial charge in [-0.15, -0.1) is 0 Å². The van der Waals surface area contributed by atoms with Gasteiger partial charge in [0.05, 0.1) is 12.1 Å². The molecule has 6 nitrogen and oxygen atoms in total. The summed E-state index contributed by atoms with van der Waals surface area (Å²) in [5, 5.41) is 5.61. The van der Waals surface area contributed by atoms with Crippen LogP contribution in [0.1, 0.15) is 66.0 Å². The van der Waals surface area contributed by atoms with E-state index in [2.05, 4.69) is 10.6 Å². The van der Waals surface area contributed by atoms with Gasteiger partial charge in [0.2, 0.25) is 5.91 Å². The maximum absolute atomic E-state index is 12.1. The van der Waals surface area contributed by atoms with Crippen LogP contribution in [0.5, 0.6) is 5.75 Å². The number of alkyl carbamates (subject to hydrolysis) is 1. The third-order valence-electron chi connectivity index (χ3n) is 3.36. The topological polar surface area (TPSA) is 76.7 Å². The van der Waals surface area contributed by atoms with Gasteiger partial charge >= 0.3 is 6.09 Å². The number of amides is 2. The lowest BCUT2D eigenvalue weighted by molar-refractivity contribution is -0.121. The summed E-state index contributed by atoms with van der Waals surface area (Å²) in [7, 11) is 0. The molecule has 146 valence electrons. The summed E-state index contributed by atoms with van der Waals surface area (Å²) in [4.78, 5) is 23.6. The molecular weight excluding hydrogens is 332 g/mol. The smallest absolute Gasteiger partial charge is 0.407 e. The van der Waals surface area contributed by atoms with Crippen molar-refractivity contribution in [3.05, 3.63) is 29.8 Å². The van der Waals surface area contributed by atoms with Gasteiger partial charge in [0, 0.05) is 13.0 Å². The minimum Gasteiger partial charge on any atom is -0.491 e. The van der Waals surface area contributed by atoms with Gasteiger partial charge in [-0.05, 0) is 65.7 Å². The van der Waals surface area contributed by atoms with E-state index < -0.39 is 11.7 Å². The highest BCUT2D eigenvalue weighted by molar-refractivity contribution is 5.76. The van der Waals surface area contributed by atoms with Crippen LogP contribution in [0, 0.1) is 0 Å². The zero-order valence-corrected chi connectivity index (χ0v) is 16.7. The Balaban J connectivity index is 2.35. The first kappa shape index (κ1) is 21.8. The second kappa shape index (κ2) is 10.0. The van der Waals surface area contributed by atoms with E-state index in [0.717, 1.165) is 11.3 Å². The number of benzene rings is 1. The second-order valence-corrected chi connectivity index (χ2v) is 7.56. The van der Waals surface area contributed by atoms with Crippen molar-refractivity contribution in [3.8, 4) is 5.75 Å². The van der Waals surface area contributed by atoms with E-state index in [1.165, 1.54) is 0 Å². The van der Waals surface area contributed by atoms with Gasteiger partial charge in [0.15, 0.2) is 0 Å². The molecule has 6 heteroatoms. The molecule has 0 heterocycles. The van der Waals surface area contributed by atoms with Crippen LogP contribution in [-0.4, -0.2) is 30.3 Å². The van der Waals surface area contributed by atoms with E-state index in [9.17, 15) is 9.59 Å². The third kappa shape index (κ3) is 9.30. The zero-order valence-electron chi connectivity index (χ0n) is 16.7. The molecule has 0 bridgehead atoms. The molecule has 0 spiro atoms. The molecule has 0 saturated carbocycles. The largest absolute Gasteiger partial charge is 0.491 e. The predicted molar refractivity (Wildman–Crippen MR) is 102 cm³/mol. The first-order chi connectivity index (χ1) is 12.1. The van der Waals surface area contributed by atoms with Crippen molar-refractivity contribution in [1.29, 1.82) is 0 Å². The van der Waals surface area contributed by atoms with E-state index >= 15 is 0 Å². The Morgan fingerprint density at radius 3 is 2.46 bits per heavy atom. The van der Waals surface area contributed by atoms with Gasteiger partial charge in [-0.2, -0.15) is 0 Å². The third-order valence-corrected chi connectivity index (χ3v) is 3.36. The first-order valence-corrected chi connectivity index (χ1v) is 9.09. The average Bonchev–Trinajstić information content (AvgIpc) is 2.49. The van der Waals surface area contributed by atoms with Gasteiger partial charge in [-0.1, -0.05) is 12.1 Å². The highest BCUT2D eigenvalue weighted by Gasteiger charge is 2.16. The molecule has 1 aromatic rings. The molecule has 0 saturated heterocycles. The maximum atomic E-state index is 12.1. The Bertz CT molecular complexity index is 594. The average molecular weight is 364 g/mol. The fraction of sp³-hybridized carbons (Fsp3) is 0.600. The summed E-state index contributed by atoms with van der Waals surface area (Å²) in [6, 6.07) is 7.61. The standard InChI is InChI=1S/C20H32N2O4/c1-14(2)25-17-10-7-9-16(13-17)15(3)22-18(23)11-8-12-21-19(24)26-20(4,5)6/h7,9-10,13-15H,8,11-12H2,1-6H3,(H,21,24)(H,22,23). The van der Waals surface area contributed by atoms with Crippen molar-refractivity contribution in [1.82, 2.24) is 10.6 Å². The lowest BCUT2D eigenvalue weighted by Gasteiger charge is -2.19. The molecule has 26 heavy (non-hydrogen) atoms. The molecule has 1 unspecified atom stereocenters. The number of ether oxygens (including phenoxy) is 2. The monoisotopic (exact) mass is 364 g/mol. The highest BCUT2D eigenvalue weighted by Crippen LogP contribution is 2.20. The predicted octanol–water partition coefficient (Wildman–Crippen LogP) is 3.96. The molecule has 2 amide bonds. The van der Waals surface area contributed by atoms with Crippen molar-refractivity contribution in [2.75, 3.05) is 6.54 Å². The molecule has 0 aliphatic rings. The zero-order chi connectivity index (χ0) is 19.7. The molecule has 0 aliphatic heterocycles. The van der Waals surface area contributed by atoms with Crippen LogP contribution in [0.3, 0.4) is 0 Å². The lowest BCUT2D eigenvalue weighted by atomic mass is 10.1. The molecule has 0 radical (unpaired) electrons. The van der Waals surface area contributed by atoms with Crippen molar-refractivity contribution < 1.29 is 19.1 Å². The number of carbonyl (C=O) groups excluding carboxylic acids is 2. The summed E-state index contributed by atoms with van der Waals surface area (Å²) in [5.74, 6) is 0.735. The Kier molecular flexibility index (Phi) is 8.42. The van der Waals surface area contributed by atoms with Crippen molar-refractivity contribution in [2.24, 2.45) is 0 Å².